The lowest BCUT2D eigenvalue weighted by molar-refractivity contribution is -0.156. The quantitative estimate of drug-likeness (QED) is 0.613. The van der Waals surface area contributed by atoms with Gasteiger partial charge in [-0.05, 0) is 31.9 Å². The molecule has 6 heteroatoms. The van der Waals surface area contributed by atoms with Crippen molar-refractivity contribution in [2.45, 2.75) is 44.8 Å². The molecular formula is C17H21NO5. The Labute approximate surface area is 135 Å². The molecule has 23 heavy (non-hydrogen) atoms. The molecule has 1 aromatic rings. The van der Waals surface area contributed by atoms with E-state index in [1.165, 1.54) is 6.92 Å². The molecule has 6 nitrogen and oxygen atoms in total. The zero-order valence-electron chi connectivity index (χ0n) is 13.1. The van der Waals surface area contributed by atoms with Crippen LogP contribution in [-0.2, 0) is 14.3 Å². The van der Waals surface area contributed by atoms with Crippen LogP contribution in [0.2, 0.25) is 0 Å². The summed E-state index contributed by atoms with van der Waals surface area (Å²) in [5.41, 5.74) is 0.354. The van der Waals surface area contributed by atoms with Gasteiger partial charge in [0.25, 0.3) is 5.91 Å². The Balaban J connectivity index is 1.77. The third kappa shape index (κ3) is 5.09. The molecule has 0 unspecified atom stereocenters. The maximum atomic E-state index is 11.9. The van der Waals surface area contributed by atoms with Crippen molar-refractivity contribution in [2.75, 3.05) is 6.61 Å². The maximum absolute atomic E-state index is 11.9. The number of hydrogen-bond acceptors (Lipinski definition) is 5. The number of amides is 1. The SMILES string of the molecule is C[C@@H](OC(=O)COc1ccccc1C=O)C(=O)NC1CCCC1. The van der Waals surface area contributed by atoms with Crippen molar-refractivity contribution in [2.24, 2.45) is 0 Å². The van der Waals surface area contributed by atoms with E-state index < -0.39 is 12.1 Å². The molecule has 1 fully saturated rings. The van der Waals surface area contributed by atoms with E-state index in [1.807, 2.05) is 0 Å². The molecule has 0 saturated heterocycles. The molecule has 0 radical (unpaired) electrons. The van der Waals surface area contributed by atoms with Crippen molar-refractivity contribution in [3.8, 4) is 5.75 Å². The van der Waals surface area contributed by atoms with Crippen LogP contribution >= 0.6 is 0 Å². The van der Waals surface area contributed by atoms with Gasteiger partial charge in [0.1, 0.15) is 5.75 Å². The van der Waals surface area contributed by atoms with Crippen LogP contribution in [0.15, 0.2) is 24.3 Å². The molecule has 1 atom stereocenters. The van der Waals surface area contributed by atoms with Gasteiger partial charge in [-0.1, -0.05) is 25.0 Å². The van der Waals surface area contributed by atoms with Crippen molar-refractivity contribution >= 4 is 18.2 Å². The molecule has 1 saturated carbocycles. The fraction of sp³-hybridized carbons (Fsp3) is 0.471. The van der Waals surface area contributed by atoms with Gasteiger partial charge in [0.2, 0.25) is 0 Å². The average molecular weight is 319 g/mol. The second-order valence-electron chi connectivity index (χ2n) is 5.57. The summed E-state index contributed by atoms with van der Waals surface area (Å²) < 4.78 is 10.3. The average Bonchev–Trinajstić information content (AvgIpc) is 3.06. The summed E-state index contributed by atoms with van der Waals surface area (Å²) in [7, 11) is 0. The molecule has 0 spiro atoms. The summed E-state index contributed by atoms with van der Waals surface area (Å²) in [6, 6.07) is 6.76. The third-order valence-corrected chi connectivity index (χ3v) is 3.77. The van der Waals surface area contributed by atoms with Crippen molar-refractivity contribution < 1.29 is 23.9 Å². The van der Waals surface area contributed by atoms with Crippen LogP contribution in [0.1, 0.15) is 43.0 Å². The van der Waals surface area contributed by atoms with Gasteiger partial charge in [0.15, 0.2) is 19.0 Å². The van der Waals surface area contributed by atoms with Crippen molar-refractivity contribution in [1.29, 1.82) is 0 Å². The van der Waals surface area contributed by atoms with Gasteiger partial charge in [-0.15, -0.1) is 0 Å². The highest BCUT2D eigenvalue weighted by Gasteiger charge is 2.23. The Hall–Kier alpha value is -2.37. The van der Waals surface area contributed by atoms with E-state index in [2.05, 4.69) is 5.32 Å². The summed E-state index contributed by atoms with van der Waals surface area (Å²) in [6.07, 6.45) is 3.95. The van der Waals surface area contributed by atoms with Crippen LogP contribution in [0.25, 0.3) is 0 Å². The first-order chi connectivity index (χ1) is 11.1. The van der Waals surface area contributed by atoms with E-state index in [-0.39, 0.29) is 18.6 Å². The number of hydrogen-bond donors (Lipinski definition) is 1. The Kier molecular flexibility index (Phi) is 6.14. The maximum Gasteiger partial charge on any atom is 0.344 e. The molecule has 1 aliphatic carbocycles. The topological polar surface area (TPSA) is 81.7 Å². The molecule has 124 valence electrons. The number of carbonyl (C=O) groups excluding carboxylic acids is 3. The van der Waals surface area contributed by atoms with Crippen LogP contribution < -0.4 is 10.1 Å². The summed E-state index contributed by atoms with van der Waals surface area (Å²) in [5, 5.41) is 2.87. The predicted molar refractivity (Wildman–Crippen MR) is 83.3 cm³/mol. The number of ether oxygens (including phenoxy) is 2. The van der Waals surface area contributed by atoms with E-state index in [4.69, 9.17) is 9.47 Å². The molecule has 1 aliphatic rings. The standard InChI is InChI=1S/C17H21NO5/c1-12(17(21)18-14-7-3-4-8-14)23-16(20)11-22-15-9-5-2-6-13(15)10-19/h2,5-6,9-10,12,14H,3-4,7-8,11H2,1H3,(H,18,21)/t12-/m1/s1. The second kappa shape index (κ2) is 8.31. The predicted octanol–water partition coefficient (Wildman–Crippen LogP) is 1.87. The normalized spacial score (nSPS) is 15.7. The molecule has 0 aromatic heterocycles. The smallest absolute Gasteiger partial charge is 0.344 e. The van der Waals surface area contributed by atoms with E-state index >= 15 is 0 Å². The number of carbonyl (C=O) groups is 3. The minimum absolute atomic E-state index is 0.180. The Morgan fingerprint density at radius 2 is 2.00 bits per heavy atom. The highest BCUT2D eigenvalue weighted by molar-refractivity contribution is 5.84. The lowest BCUT2D eigenvalue weighted by Crippen LogP contribution is -2.41. The fourth-order valence-electron chi connectivity index (χ4n) is 2.52. The van der Waals surface area contributed by atoms with Gasteiger partial charge < -0.3 is 14.8 Å². The molecule has 1 N–H and O–H groups in total. The van der Waals surface area contributed by atoms with Crippen LogP contribution in [-0.4, -0.2) is 36.9 Å². The van der Waals surface area contributed by atoms with Crippen molar-refractivity contribution in [3.05, 3.63) is 29.8 Å². The molecule has 0 aliphatic heterocycles. The molecule has 0 heterocycles. The molecule has 1 amide bonds. The first-order valence-corrected chi connectivity index (χ1v) is 7.77. The van der Waals surface area contributed by atoms with Gasteiger partial charge >= 0.3 is 5.97 Å². The molecular weight excluding hydrogens is 298 g/mol. The van der Waals surface area contributed by atoms with Gasteiger partial charge in [0.05, 0.1) is 5.56 Å². The third-order valence-electron chi connectivity index (χ3n) is 3.77. The monoisotopic (exact) mass is 319 g/mol. The highest BCUT2D eigenvalue weighted by atomic mass is 16.6. The Morgan fingerprint density at radius 3 is 2.70 bits per heavy atom. The fourth-order valence-corrected chi connectivity index (χ4v) is 2.52. The minimum atomic E-state index is -0.868. The van der Waals surface area contributed by atoms with E-state index in [1.54, 1.807) is 24.3 Å². The molecule has 0 bridgehead atoms. The van der Waals surface area contributed by atoms with Gasteiger partial charge in [0, 0.05) is 6.04 Å². The number of benzene rings is 1. The van der Waals surface area contributed by atoms with Gasteiger partial charge in [-0.3, -0.25) is 9.59 Å². The first-order valence-electron chi connectivity index (χ1n) is 7.77. The summed E-state index contributed by atoms with van der Waals surface area (Å²) in [6.45, 7) is 1.17. The highest BCUT2D eigenvalue weighted by Crippen LogP contribution is 2.18. The summed E-state index contributed by atoms with van der Waals surface area (Å²) in [5.74, 6) is -0.638. The zero-order chi connectivity index (χ0) is 16.7. The first kappa shape index (κ1) is 17.0. The van der Waals surface area contributed by atoms with Crippen LogP contribution in [0.3, 0.4) is 0 Å². The number of rotatable bonds is 7. The van der Waals surface area contributed by atoms with E-state index in [9.17, 15) is 14.4 Å². The number of esters is 1. The number of nitrogens with one attached hydrogen (secondary N) is 1. The van der Waals surface area contributed by atoms with Gasteiger partial charge in [-0.25, -0.2) is 4.79 Å². The lowest BCUT2D eigenvalue weighted by atomic mass is 10.2. The summed E-state index contributed by atoms with van der Waals surface area (Å²) in [4.78, 5) is 34.5. The summed E-state index contributed by atoms with van der Waals surface area (Å²) >= 11 is 0. The van der Waals surface area contributed by atoms with Crippen molar-refractivity contribution in [1.82, 2.24) is 5.32 Å². The number of para-hydroxylation sites is 1. The van der Waals surface area contributed by atoms with E-state index in [0.717, 1.165) is 25.7 Å². The number of aldehydes is 1. The minimum Gasteiger partial charge on any atom is -0.481 e. The largest absolute Gasteiger partial charge is 0.481 e. The van der Waals surface area contributed by atoms with Gasteiger partial charge in [-0.2, -0.15) is 0 Å². The lowest BCUT2D eigenvalue weighted by Gasteiger charge is -2.17. The molecule has 1 aromatic carbocycles. The van der Waals surface area contributed by atoms with Crippen LogP contribution in [0.5, 0.6) is 5.75 Å². The van der Waals surface area contributed by atoms with Crippen LogP contribution in [0, 0.1) is 0 Å². The van der Waals surface area contributed by atoms with Crippen molar-refractivity contribution in [3.63, 3.8) is 0 Å². The Bertz CT molecular complexity index is 566. The van der Waals surface area contributed by atoms with E-state index in [0.29, 0.717) is 17.6 Å². The second-order valence-corrected chi connectivity index (χ2v) is 5.57. The Morgan fingerprint density at radius 1 is 1.30 bits per heavy atom. The zero-order valence-corrected chi connectivity index (χ0v) is 13.1. The van der Waals surface area contributed by atoms with Crippen LogP contribution in [0.4, 0.5) is 0 Å². The molecule has 2 rings (SSSR count).